The second-order valence-corrected chi connectivity index (χ2v) is 19.1. The fraction of sp³-hybridized carbons (Fsp3) is 0.425. The number of thiazole rings is 1. The lowest BCUT2D eigenvalue weighted by Gasteiger charge is -2.36. The third kappa shape index (κ3) is 7.62. The van der Waals surface area contributed by atoms with Crippen molar-refractivity contribution in [3.8, 4) is 11.1 Å². The molecule has 5 heterocycles. The van der Waals surface area contributed by atoms with Crippen LogP contribution < -0.4 is 14.9 Å². The molecule has 9 rings (SSSR count). The molecule has 13 nitrogen and oxygen atoms in total. The molecular formula is C40H39F7N10O3S2. The zero-order valence-electron chi connectivity index (χ0n) is 33.6. The van der Waals surface area contributed by atoms with Crippen molar-refractivity contribution < 1.29 is 43.9 Å². The van der Waals surface area contributed by atoms with E-state index >= 15 is 8.78 Å². The Morgan fingerprint density at radius 3 is 2.37 bits per heavy atom. The smallest absolute Gasteiger partial charge is 0.346 e. The van der Waals surface area contributed by atoms with Gasteiger partial charge in [-0.25, -0.2) is 22.2 Å². The molecule has 2 aromatic carbocycles. The molecule has 6 aromatic rings. The minimum atomic E-state index is -5.06. The molecule has 4 aromatic heterocycles. The molecule has 1 aliphatic heterocycles. The minimum Gasteiger partial charge on any atom is -0.346 e. The van der Waals surface area contributed by atoms with E-state index < -0.39 is 81.0 Å². The Morgan fingerprint density at radius 1 is 1.00 bits per heavy atom. The molecule has 328 valence electrons. The van der Waals surface area contributed by atoms with Gasteiger partial charge in [-0.2, -0.15) is 37.1 Å². The lowest BCUT2D eigenvalue weighted by Crippen LogP contribution is -2.48. The predicted octanol–water partition coefficient (Wildman–Crippen LogP) is 6.95. The molecule has 22 heteroatoms. The van der Waals surface area contributed by atoms with Crippen LogP contribution in [0.1, 0.15) is 60.4 Å². The molecular weight excluding hydrogens is 866 g/mol. The Morgan fingerprint density at radius 2 is 1.71 bits per heavy atom. The zero-order chi connectivity index (χ0) is 44.2. The van der Waals surface area contributed by atoms with E-state index in [4.69, 9.17) is 9.97 Å². The second kappa shape index (κ2) is 14.9. The molecule has 2 aliphatic carbocycles. The standard InChI is InChI=1S/C40H39F7N10O3S2/c1-19(2)55-8-10-56(11-9-55)38-50-37-29(61-38)17-25(23-6-5-7-24-33(23)54(3)52-36(24)53-62(4,59)60)32(49-37)28(14-20-12-21(41)15-22(42)13-20)48-30(58)18-57-35-31(34(51-57)40(45,46)47)26-16-27(26)39(35,43)44/h5-7,12-13,15,17,19,26-28H,8-11,14,16,18H2,1-4H3,(H,48,58)(H,52,53)/t26-,27?,28-/m0/s1. The SMILES string of the molecule is CC(C)N1CCN(c2nc3nc([C@H](Cc4cc(F)cc(F)c4)NC(=O)Cn4nc(C(F)(F)F)c5c4C(F)(F)C4C[C@H]54)c(-c4cccc5c(NS(C)(=O)=O)nn(C)c45)cc3s2)CC1. The van der Waals surface area contributed by atoms with E-state index in [1.54, 1.807) is 31.3 Å². The number of nitrogens with one attached hydrogen (secondary N) is 2. The average Bonchev–Trinajstić information content (AvgIpc) is 3.44. The molecule has 1 unspecified atom stereocenters. The quantitative estimate of drug-likeness (QED) is 0.132. The highest BCUT2D eigenvalue weighted by atomic mass is 32.2. The highest BCUT2D eigenvalue weighted by molar-refractivity contribution is 7.92. The van der Waals surface area contributed by atoms with Crippen LogP contribution in [0.4, 0.5) is 41.7 Å². The van der Waals surface area contributed by atoms with Crippen LogP contribution in [0.3, 0.4) is 0 Å². The van der Waals surface area contributed by atoms with Gasteiger partial charge >= 0.3 is 6.18 Å². The summed E-state index contributed by atoms with van der Waals surface area (Å²) in [5, 5.41) is 11.7. The van der Waals surface area contributed by atoms with E-state index in [1.165, 1.54) is 16.0 Å². The minimum absolute atomic E-state index is 0.0301. The number of benzene rings is 2. The van der Waals surface area contributed by atoms with Crippen molar-refractivity contribution in [1.82, 2.24) is 39.7 Å². The molecule has 1 amide bonds. The summed E-state index contributed by atoms with van der Waals surface area (Å²) in [5.74, 6) is -8.87. The maximum atomic E-state index is 15.5. The number of alkyl halides is 5. The van der Waals surface area contributed by atoms with Crippen molar-refractivity contribution in [2.75, 3.05) is 42.1 Å². The van der Waals surface area contributed by atoms with Gasteiger partial charge in [0.1, 0.15) is 23.9 Å². The third-order valence-electron chi connectivity index (χ3n) is 11.7. The molecule has 2 fully saturated rings. The average molecular weight is 905 g/mol. The van der Waals surface area contributed by atoms with E-state index in [2.05, 4.69) is 43.9 Å². The van der Waals surface area contributed by atoms with Gasteiger partial charge in [-0.05, 0) is 62.4 Å². The Kier molecular flexibility index (Phi) is 10.1. The van der Waals surface area contributed by atoms with Crippen LogP contribution in [-0.4, -0.2) is 87.2 Å². The fourth-order valence-corrected chi connectivity index (χ4v) is 10.4. The number of carbonyl (C=O) groups excluding carboxylic acids is 1. The number of hydrogen-bond acceptors (Lipinski definition) is 10. The second-order valence-electron chi connectivity index (χ2n) is 16.3. The summed E-state index contributed by atoms with van der Waals surface area (Å²) in [6, 6.07) is 8.61. The van der Waals surface area contributed by atoms with Gasteiger partial charge in [0.25, 0.3) is 5.92 Å². The first-order chi connectivity index (χ1) is 29.2. The Labute approximate surface area is 354 Å². The van der Waals surface area contributed by atoms with Crippen molar-refractivity contribution in [2.45, 2.75) is 63.3 Å². The molecule has 1 saturated carbocycles. The van der Waals surface area contributed by atoms with E-state index in [1.807, 2.05) is 0 Å². The summed E-state index contributed by atoms with van der Waals surface area (Å²) in [6.45, 7) is 6.14. The monoisotopic (exact) mass is 904 g/mol. The Hall–Kier alpha value is -5.35. The summed E-state index contributed by atoms with van der Waals surface area (Å²) >= 11 is 1.37. The van der Waals surface area contributed by atoms with Gasteiger partial charge in [-0.3, -0.25) is 23.8 Å². The van der Waals surface area contributed by atoms with E-state index in [9.17, 15) is 35.2 Å². The number of halogens is 7. The van der Waals surface area contributed by atoms with Crippen molar-refractivity contribution in [3.63, 3.8) is 0 Å². The van der Waals surface area contributed by atoms with Gasteiger partial charge in [-0.1, -0.05) is 23.5 Å². The number of amides is 1. The highest BCUT2D eigenvalue weighted by Gasteiger charge is 2.68. The first-order valence-electron chi connectivity index (χ1n) is 19.7. The van der Waals surface area contributed by atoms with Crippen LogP contribution in [0, 0.1) is 17.6 Å². The number of para-hydroxylation sites is 1. The van der Waals surface area contributed by atoms with E-state index in [0.717, 1.165) is 31.5 Å². The number of rotatable bonds is 11. The summed E-state index contributed by atoms with van der Waals surface area (Å²) in [7, 11) is -2.18. The van der Waals surface area contributed by atoms with Crippen LogP contribution >= 0.6 is 11.3 Å². The molecule has 3 aliphatic rings. The number of carbonyl (C=O) groups is 1. The molecule has 3 atom stereocenters. The first-order valence-corrected chi connectivity index (χ1v) is 22.4. The molecule has 0 spiro atoms. The number of aromatic nitrogens is 6. The van der Waals surface area contributed by atoms with Gasteiger partial charge < -0.3 is 10.2 Å². The van der Waals surface area contributed by atoms with Crippen LogP contribution in [-0.2, 0) is 46.9 Å². The van der Waals surface area contributed by atoms with Gasteiger partial charge in [0, 0.05) is 73.3 Å². The molecule has 1 saturated heterocycles. The lowest BCUT2D eigenvalue weighted by molar-refractivity contribution is -0.142. The van der Waals surface area contributed by atoms with Gasteiger partial charge in [-0.15, -0.1) is 0 Å². The van der Waals surface area contributed by atoms with Crippen LogP contribution in [0.5, 0.6) is 0 Å². The summed E-state index contributed by atoms with van der Waals surface area (Å²) in [6.07, 6.45) is -4.54. The van der Waals surface area contributed by atoms with Gasteiger partial charge in [0.15, 0.2) is 22.3 Å². The number of fused-ring (bicyclic) bond motifs is 5. The number of pyridine rings is 1. The van der Waals surface area contributed by atoms with Crippen molar-refractivity contribution in [2.24, 2.45) is 13.0 Å². The zero-order valence-corrected chi connectivity index (χ0v) is 35.2. The lowest BCUT2D eigenvalue weighted by atomic mass is 9.94. The maximum absolute atomic E-state index is 15.5. The van der Waals surface area contributed by atoms with Crippen molar-refractivity contribution in [3.05, 3.63) is 82.3 Å². The van der Waals surface area contributed by atoms with Crippen LogP contribution in [0.15, 0.2) is 42.5 Å². The normalized spacial score (nSPS) is 19.3. The number of nitrogens with zero attached hydrogens (tertiary/aromatic N) is 8. The summed E-state index contributed by atoms with van der Waals surface area (Å²) in [4.78, 5) is 28.4. The summed E-state index contributed by atoms with van der Waals surface area (Å²) in [5.41, 5.74) is -1.36. The molecule has 62 heavy (non-hydrogen) atoms. The molecule has 0 radical (unpaired) electrons. The molecule has 0 bridgehead atoms. The number of anilines is 2. The first kappa shape index (κ1) is 42.0. The van der Waals surface area contributed by atoms with E-state index in [0.29, 0.717) is 61.7 Å². The Bertz CT molecular complexity index is 2870. The van der Waals surface area contributed by atoms with Crippen LogP contribution in [0.25, 0.3) is 32.4 Å². The topological polar surface area (TPSA) is 143 Å². The van der Waals surface area contributed by atoms with Crippen molar-refractivity contribution >= 4 is 59.5 Å². The van der Waals surface area contributed by atoms with Gasteiger partial charge in [0.05, 0.1) is 28.2 Å². The van der Waals surface area contributed by atoms with Gasteiger partial charge in [0.2, 0.25) is 15.9 Å². The summed E-state index contributed by atoms with van der Waals surface area (Å²) < 4.78 is 132. The number of sulfonamides is 1. The molecule has 2 N–H and O–H groups in total. The Balaban J connectivity index is 1.18. The number of piperazine rings is 1. The third-order valence-corrected chi connectivity index (χ3v) is 13.3. The number of aryl methyl sites for hydroxylation is 1. The van der Waals surface area contributed by atoms with Crippen LogP contribution in [0.2, 0.25) is 0 Å². The predicted molar refractivity (Wildman–Crippen MR) is 217 cm³/mol. The highest BCUT2D eigenvalue weighted by Crippen LogP contribution is 2.68. The maximum Gasteiger partial charge on any atom is 0.435 e. The van der Waals surface area contributed by atoms with E-state index in [-0.39, 0.29) is 35.6 Å². The fourth-order valence-electron chi connectivity index (χ4n) is 8.87. The largest absolute Gasteiger partial charge is 0.435 e. The van der Waals surface area contributed by atoms with Crippen molar-refractivity contribution in [1.29, 1.82) is 0 Å². The number of hydrogen-bond donors (Lipinski definition) is 2.